The zero-order chi connectivity index (χ0) is 15.5. The predicted octanol–water partition coefficient (Wildman–Crippen LogP) is 5.46. The SMILES string of the molecule is Cl.c1ccc(-c2nc(NC3CCCCC3)c3ccccc3n2)cc1. The molecule has 1 aromatic heterocycles. The number of rotatable bonds is 3. The maximum absolute atomic E-state index is 4.84. The Labute approximate surface area is 148 Å². The Morgan fingerprint density at radius 1 is 0.792 bits per heavy atom. The standard InChI is InChI=1S/C20H21N3.ClH/c1-3-9-15(10-4-1)19-22-18-14-8-7-13-17(18)20(23-19)21-16-11-5-2-6-12-16;/h1,3-4,7-10,13-14,16H,2,5-6,11-12H2,(H,21,22,23);1H. The average molecular weight is 340 g/mol. The van der Waals surface area contributed by atoms with Crippen LogP contribution in [0.1, 0.15) is 32.1 Å². The third kappa shape index (κ3) is 3.51. The highest BCUT2D eigenvalue weighted by Crippen LogP contribution is 2.27. The quantitative estimate of drug-likeness (QED) is 0.688. The largest absolute Gasteiger partial charge is 0.367 e. The molecule has 0 spiro atoms. The van der Waals surface area contributed by atoms with E-state index in [1.54, 1.807) is 0 Å². The number of para-hydroxylation sites is 1. The Morgan fingerprint density at radius 3 is 2.29 bits per heavy atom. The molecular weight excluding hydrogens is 318 g/mol. The van der Waals surface area contributed by atoms with Crippen molar-refractivity contribution in [1.29, 1.82) is 0 Å². The molecule has 3 nitrogen and oxygen atoms in total. The number of halogens is 1. The molecule has 0 radical (unpaired) electrons. The van der Waals surface area contributed by atoms with Gasteiger partial charge in [0.1, 0.15) is 5.82 Å². The molecule has 0 aliphatic heterocycles. The number of hydrogen-bond donors (Lipinski definition) is 1. The molecule has 0 bridgehead atoms. The second kappa shape index (κ2) is 7.63. The van der Waals surface area contributed by atoms with Crippen LogP contribution in [0, 0.1) is 0 Å². The molecule has 1 aliphatic carbocycles. The van der Waals surface area contributed by atoms with Crippen molar-refractivity contribution in [2.75, 3.05) is 5.32 Å². The Morgan fingerprint density at radius 2 is 1.50 bits per heavy atom. The summed E-state index contributed by atoms with van der Waals surface area (Å²) in [5.74, 6) is 1.77. The fourth-order valence-corrected chi connectivity index (χ4v) is 3.34. The van der Waals surface area contributed by atoms with Crippen molar-refractivity contribution in [3.8, 4) is 11.4 Å². The summed E-state index contributed by atoms with van der Waals surface area (Å²) in [5, 5.41) is 4.79. The van der Waals surface area contributed by atoms with Crippen molar-refractivity contribution in [2.24, 2.45) is 0 Å². The summed E-state index contributed by atoms with van der Waals surface area (Å²) in [5.41, 5.74) is 2.06. The van der Waals surface area contributed by atoms with Crippen molar-refractivity contribution in [3.05, 3.63) is 54.6 Å². The zero-order valence-corrected chi connectivity index (χ0v) is 14.4. The molecule has 4 heteroatoms. The second-order valence-corrected chi connectivity index (χ2v) is 6.26. The first kappa shape index (κ1) is 16.7. The van der Waals surface area contributed by atoms with E-state index in [0.717, 1.165) is 28.1 Å². The van der Waals surface area contributed by atoms with E-state index in [-0.39, 0.29) is 12.4 Å². The van der Waals surface area contributed by atoms with E-state index in [1.165, 1.54) is 32.1 Å². The van der Waals surface area contributed by atoms with Gasteiger partial charge in [-0.15, -0.1) is 12.4 Å². The minimum Gasteiger partial charge on any atom is -0.367 e. The van der Waals surface area contributed by atoms with Crippen LogP contribution in [-0.2, 0) is 0 Å². The van der Waals surface area contributed by atoms with Gasteiger partial charge in [-0.2, -0.15) is 0 Å². The van der Waals surface area contributed by atoms with Gasteiger partial charge < -0.3 is 5.32 Å². The van der Waals surface area contributed by atoms with Crippen LogP contribution in [0.25, 0.3) is 22.3 Å². The first-order valence-electron chi connectivity index (χ1n) is 8.49. The molecule has 1 saturated carbocycles. The van der Waals surface area contributed by atoms with Crippen molar-refractivity contribution in [2.45, 2.75) is 38.1 Å². The minimum absolute atomic E-state index is 0. The molecule has 1 N–H and O–H groups in total. The molecule has 4 rings (SSSR count). The Hall–Kier alpha value is -2.13. The molecule has 2 aromatic carbocycles. The van der Waals surface area contributed by atoms with Crippen LogP contribution < -0.4 is 5.32 Å². The van der Waals surface area contributed by atoms with Crippen LogP contribution in [0.2, 0.25) is 0 Å². The van der Waals surface area contributed by atoms with Crippen molar-refractivity contribution < 1.29 is 0 Å². The molecule has 1 heterocycles. The zero-order valence-electron chi connectivity index (χ0n) is 13.6. The van der Waals surface area contributed by atoms with Crippen LogP contribution in [-0.4, -0.2) is 16.0 Å². The number of anilines is 1. The summed E-state index contributed by atoms with van der Waals surface area (Å²) in [6.45, 7) is 0. The molecule has 0 amide bonds. The van der Waals surface area contributed by atoms with Crippen molar-refractivity contribution in [1.82, 2.24) is 9.97 Å². The van der Waals surface area contributed by atoms with Gasteiger partial charge in [0.15, 0.2) is 5.82 Å². The van der Waals surface area contributed by atoms with Crippen LogP contribution in [0.5, 0.6) is 0 Å². The van der Waals surface area contributed by atoms with E-state index < -0.39 is 0 Å². The lowest BCUT2D eigenvalue weighted by atomic mass is 9.95. The van der Waals surface area contributed by atoms with Gasteiger partial charge in [0.05, 0.1) is 5.52 Å². The predicted molar refractivity (Wildman–Crippen MR) is 103 cm³/mol. The number of benzene rings is 2. The van der Waals surface area contributed by atoms with Crippen molar-refractivity contribution >= 4 is 29.1 Å². The highest BCUT2D eigenvalue weighted by molar-refractivity contribution is 5.90. The van der Waals surface area contributed by atoms with Crippen molar-refractivity contribution in [3.63, 3.8) is 0 Å². The summed E-state index contributed by atoms with van der Waals surface area (Å²) in [6, 6.07) is 19.0. The third-order valence-corrected chi connectivity index (χ3v) is 4.58. The molecule has 24 heavy (non-hydrogen) atoms. The van der Waals surface area contributed by atoms with E-state index in [1.807, 2.05) is 24.3 Å². The van der Waals surface area contributed by atoms with Gasteiger partial charge in [-0.05, 0) is 25.0 Å². The molecular formula is C20H22ClN3. The first-order chi connectivity index (χ1) is 11.4. The molecule has 1 fully saturated rings. The average Bonchev–Trinajstić information content (AvgIpc) is 2.63. The molecule has 0 atom stereocenters. The van der Waals surface area contributed by atoms with E-state index in [4.69, 9.17) is 9.97 Å². The summed E-state index contributed by atoms with van der Waals surface area (Å²) in [6.07, 6.45) is 6.45. The number of nitrogens with zero attached hydrogens (tertiary/aromatic N) is 2. The van der Waals surface area contributed by atoms with Gasteiger partial charge in [-0.1, -0.05) is 61.7 Å². The summed E-state index contributed by atoms with van der Waals surface area (Å²) < 4.78 is 0. The van der Waals surface area contributed by atoms with Crippen LogP contribution in [0.3, 0.4) is 0 Å². The monoisotopic (exact) mass is 339 g/mol. The lowest BCUT2D eigenvalue weighted by molar-refractivity contribution is 0.462. The smallest absolute Gasteiger partial charge is 0.162 e. The number of aromatic nitrogens is 2. The summed E-state index contributed by atoms with van der Waals surface area (Å²) in [7, 11) is 0. The van der Waals surface area contributed by atoms with Crippen LogP contribution >= 0.6 is 12.4 Å². The molecule has 124 valence electrons. The topological polar surface area (TPSA) is 37.8 Å². The lowest BCUT2D eigenvalue weighted by Crippen LogP contribution is -2.23. The number of hydrogen-bond acceptors (Lipinski definition) is 3. The lowest BCUT2D eigenvalue weighted by Gasteiger charge is -2.24. The number of fused-ring (bicyclic) bond motifs is 1. The normalized spacial score (nSPS) is 15.0. The van der Waals surface area contributed by atoms with Crippen LogP contribution in [0.15, 0.2) is 54.6 Å². The summed E-state index contributed by atoms with van der Waals surface area (Å²) in [4.78, 5) is 9.59. The highest BCUT2D eigenvalue weighted by Gasteiger charge is 2.16. The van der Waals surface area contributed by atoms with E-state index in [0.29, 0.717) is 6.04 Å². The summed E-state index contributed by atoms with van der Waals surface area (Å²) >= 11 is 0. The number of nitrogens with one attached hydrogen (secondary N) is 1. The van der Waals surface area contributed by atoms with Gasteiger partial charge in [-0.3, -0.25) is 0 Å². The Bertz CT molecular complexity index is 798. The van der Waals surface area contributed by atoms with Gasteiger partial charge in [0.2, 0.25) is 0 Å². The molecule has 0 saturated heterocycles. The van der Waals surface area contributed by atoms with E-state index in [2.05, 4.69) is 35.6 Å². The van der Waals surface area contributed by atoms with Gasteiger partial charge in [0.25, 0.3) is 0 Å². The molecule has 0 unspecified atom stereocenters. The second-order valence-electron chi connectivity index (χ2n) is 6.26. The van der Waals surface area contributed by atoms with Gasteiger partial charge in [0, 0.05) is 17.0 Å². The van der Waals surface area contributed by atoms with Gasteiger partial charge in [-0.25, -0.2) is 9.97 Å². The third-order valence-electron chi connectivity index (χ3n) is 4.58. The Balaban J connectivity index is 0.00000169. The first-order valence-corrected chi connectivity index (χ1v) is 8.49. The minimum atomic E-state index is 0. The maximum atomic E-state index is 4.84. The van der Waals surface area contributed by atoms with Crippen LogP contribution in [0.4, 0.5) is 5.82 Å². The Kier molecular flexibility index (Phi) is 5.31. The fraction of sp³-hybridized carbons (Fsp3) is 0.300. The fourth-order valence-electron chi connectivity index (χ4n) is 3.34. The molecule has 3 aromatic rings. The maximum Gasteiger partial charge on any atom is 0.162 e. The van der Waals surface area contributed by atoms with Gasteiger partial charge >= 0.3 is 0 Å². The highest BCUT2D eigenvalue weighted by atomic mass is 35.5. The molecule has 1 aliphatic rings. The van der Waals surface area contributed by atoms with E-state index in [9.17, 15) is 0 Å². The van der Waals surface area contributed by atoms with E-state index >= 15 is 0 Å².